The molecule has 0 unspecified atom stereocenters. The highest BCUT2D eigenvalue weighted by atomic mass is 16.2. The molecule has 0 aliphatic heterocycles. The Morgan fingerprint density at radius 3 is 2.68 bits per heavy atom. The van der Waals surface area contributed by atoms with Crippen LogP contribution < -0.4 is 21.7 Å². The van der Waals surface area contributed by atoms with Crippen molar-refractivity contribution in [2.75, 3.05) is 16.4 Å². The minimum Gasteiger partial charge on any atom is -0.382 e. The Kier molecular flexibility index (Phi) is 4.75. The Morgan fingerprint density at radius 2 is 1.82 bits per heavy atom. The van der Waals surface area contributed by atoms with E-state index < -0.39 is 0 Å². The van der Waals surface area contributed by atoms with Crippen LogP contribution in [0.4, 0.5) is 27.8 Å². The second-order valence-electron chi connectivity index (χ2n) is 6.15. The summed E-state index contributed by atoms with van der Waals surface area (Å²) in [6.45, 7) is 0.357. The first-order valence-corrected chi connectivity index (χ1v) is 8.74. The summed E-state index contributed by atoms with van der Waals surface area (Å²) in [4.78, 5) is 16.7. The predicted molar refractivity (Wildman–Crippen MR) is 110 cm³/mol. The number of carbonyl (C=O) groups excluding carboxylic acids is 1. The molecule has 2 amide bonds. The number of rotatable bonds is 5. The number of amides is 2. The van der Waals surface area contributed by atoms with Gasteiger partial charge < -0.3 is 16.4 Å². The van der Waals surface area contributed by atoms with Crippen LogP contribution in [0.2, 0.25) is 0 Å². The number of hydrogen-bond donors (Lipinski definition) is 5. The van der Waals surface area contributed by atoms with Crippen molar-refractivity contribution in [3.63, 3.8) is 0 Å². The van der Waals surface area contributed by atoms with Crippen LogP contribution in [-0.4, -0.2) is 21.2 Å². The van der Waals surface area contributed by atoms with Crippen molar-refractivity contribution >= 4 is 39.9 Å². The topological polar surface area (TPSA) is 121 Å². The molecule has 8 heteroatoms. The van der Waals surface area contributed by atoms with E-state index in [0.29, 0.717) is 23.9 Å². The molecule has 4 aromatic rings. The summed E-state index contributed by atoms with van der Waals surface area (Å²) in [5.74, 6) is 0.651. The molecule has 0 saturated carbocycles. The average molecular weight is 373 g/mol. The van der Waals surface area contributed by atoms with Gasteiger partial charge >= 0.3 is 6.03 Å². The van der Waals surface area contributed by atoms with Gasteiger partial charge in [0.05, 0.1) is 5.52 Å². The number of anilines is 4. The van der Waals surface area contributed by atoms with Crippen molar-refractivity contribution in [2.24, 2.45) is 0 Å². The molecule has 0 atom stereocenters. The lowest BCUT2D eigenvalue weighted by molar-refractivity contribution is 0.251. The van der Waals surface area contributed by atoms with E-state index in [4.69, 9.17) is 5.73 Å². The van der Waals surface area contributed by atoms with Gasteiger partial charge in [-0.3, -0.25) is 15.4 Å². The summed E-state index contributed by atoms with van der Waals surface area (Å²) in [7, 11) is 0. The average Bonchev–Trinajstić information content (AvgIpc) is 3.06. The molecule has 0 aliphatic rings. The number of nitrogens with two attached hydrogens (primary N) is 1. The summed E-state index contributed by atoms with van der Waals surface area (Å²) in [5.41, 5.74) is 9.14. The molecule has 0 bridgehead atoms. The summed E-state index contributed by atoms with van der Waals surface area (Å²) < 4.78 is 0. The van der Waals surface area contributed by atoms with Crippen LogP contribution in [0.15, 0.2) is 66.9 Å². The Labute approximate surface area is 161 Å². The Balaban J connectivity index is 1.44. The van der Waals surface area contributed by atoms with Gasteiger partial charge in [-0.25, -0.2) is 4.79 Å². The van der Waals surface area contributed by atoms with Crippen molar-refractivity contribution < 1.29 is 4.79 Å². The van der Waals surface area contributed by atoms with Crippen LogP contribution in [0.5, 0.6) is 0 Å². The smallest absolute Gasteiger partial charge is 0.320 e. The number of aromatic nitrogens is 3. The molecular weight excluding hydrogens is 354 g/mol. The molecule has 0 aliphatic carbocycles. The van der Waals surface area contributed by atoms with Crippen LogP contribution in [0.1, 0.15) is 5.56 Å². The van der Waals surface area contributed by atoms with E-state index in [1.54, 1.807) is 6.20 Å². The number of para-hydroxylation sites is 2. The van der Waals surface area contributed by atoms with Gasteiger partial charge in [-0.15, -0.1) is 0 Å². The second kappa shape index (κ2) is 7.67. The highest BCUT2D eigenvalue weighted by molar-refractivity contribution is 5.95. The molecule has 2 aromatic carbocycles. The van der Waals surface area contributed by atoms with Gasteiger partial charge in [0.15, 0.2) is 5.82 Å². The van der Waals surface area contributed by atoms with Crippen molar-refractivity contribution in [1.29, 1.82) is 0 Å². The number of nitrogens with zero attached hydrogens (tertiary/aromatic N) is 2. The molecule has 140 valence electrons. The molecule has 0 fully saturated rings. The van der Waals surface area contributed by atoms with E-state index >= 15 is 0 Å². The van der Waals surface area contributed by atoms with Crippen molar-refractivity contribution in [3.05, 3.63) is 72.4 Å². The van der Waals surface area contributed by atoms with E-state index in [2.05, 4.69) is 31.1 Å². The number of urea groups is 1. The van der Waals surface area contributed by atoms with Gasteiger partial charge in [0, 0.05) is 23.8 Å². The van der Waals surface area contributed by atoms with Crippen molar-refractivity contribution in [2.45, 2.75) is 6.54 Å². The normalized spacial score (nSPS) is 10.6. The molecule has 28 heavy (non-hydrogen) atoms. The monoisotopic (exact) mass is 373 g/mol. The van der Waals surface area contributed by atoms with Crippen molar-refractivity contribution in [1.82, 2.24) is 20.5 Å². The summed E-state index contributed by atoms with van der Waals surface area (Å²) in [5, 5.41) is 16.5. The maximum atomic E-state index is 12.4. The number of aromatic amines is 1. The third-order valence-electron chi connectivity index (χ3n) is 4.25. The Hall–Kier alpha value is -4.07. The highest BCUT2D eigenvalue weighted by Crippen LogP contribution is 2.28. The molecule has 6 N–H and O–H groups in total. The summed E-state index contributed by atoms with van der Waals surface area (Å²) in [6.07, 6.45) is 1.73. The first-order chi connectivity index (χ1) is 13.7. The highest BCUT2D eigenvalue weighted by Gasteiger charge is 2.14. The quantitative estimate of drug-likeness (QED) is 0.366. The van der Waals surface area contributed by atoms with Gasteiger partial charge in [0.25, 0.3) is 0 Å². The van der Waals surface area contributed by atoms with Crippen LogP contribution in [-0.2, 0) is 6.54 Å². The lowest BCUT2D eigenvalue weighted by Crippen LogP contribution is -2.28. The predicted octanol–water partition coefficient (Wildman–Crippen LogP) is 3.61. The fourth-order valence-corrected chi connectivity index (χ4v) is 2.87. The van der Waals surface area contributed by atoms with Crippen molar-refractivity contribution in [3.8, 4) is 0 Å². The van der Waals surface area contributed by atoms with Crippen LogP contribution >= 0.6 is 0 Å². The fourth-order valence-electron chi connectivity index (χ4n) is 2.87. The number of H-pyrrole nitrogens is 1. The third kappa shape index (κ3) is 3.70. The Bertz CT molecular complexity index is 1100. The third-order valence-corrected chi connectivity index (χ3v) is 4.25. The van der Waals surface area contributed by atoms with Crippen LogP contribution in [0, 0.1) is 0 Å². The Morgan fingerprint density at radius 1 is 1.04 bits per heavy atom. The number of fused-ring (bicyclic) bond motifs is 1. The number of nitrogens with one attached hydrogen (secondary N) is 4. The van der Waals surface area contributed by atoms with E-state index in [0.717, 1.165) is 22.2 Å². The van der Waals surface area contributed by atoms with Gasteiger partial charge in [-0.2, -0.15) is 5.10 Å². The molecule has 0 radical (unpaired) electrons. The molecule has 8 nitrogen and oxygen atoms in total. The van der Waals surface area contributed by atoms with Gasteiger partial charge in [0.1, 0.15) is 11.5 Å². The zero-order valence-electron chi connectivity index (χ0n) is 14.9. The molecule has 0 saturated heterocycles. The minimum absolute atomic E-state index is 0.318. The van der Waals surface area contributed by atoms with Gasteiger partial charge in [-0.05, 0) is 29.8 Å². The maximum absolute atomic E-state index is 12.4. The first kappa shape index (κ1) is 17.3. The van der Waals surface area contributed by atoms with Gasteiger partial charge in [0.2, 0.25) is 0 Å². The van der Waals surface area contributed by atoms with Crippen LogP contribution in [0.25, 0.3) is 10.9 Å². The summed E-state index contributed by atoms with van der Waals surface area (Å²) >= 11 is 0. The minimum atomic E-state index is -0.386. The number of benzene rings is 2. The molecule has 2 heterocycles. The maximum Gasteiger partial charge on any atom is 0.320 e. The van der Waals surface area contributed by atoms with E-state index in [1.807, 2.05) is 60.7 Å². The SMILES string of the molecule is Nc1[nH]nc(NC(=O)NCc2ccnc3ccccc23)c1Nc1ccccc1. The largest absolute Gasteiger partial charge is 0.382 e. The van der Waals surface area contributed by atoms with Gasteiger partial charge in [-0.1, -0.05) is 36.4 Å². The number of nitrogen functional groups attached to an aromatic ring is 1. The first-order valence-electron chi connectivity index (χ1n) is 8.74. The van der Waals surface area contributed by atoms with E-state index in [9.17, 15) is 4.79 Å². The zero-order valence-corrected chi connectivity index (χ0v) is 14.9. The lowest BCUT2D eigenvalue weighted by atomic mass is 10.1. The standard InChI is InChI=1S/C20H19N7O/c21-18-17(24-14-6-2-1-3-7-14)19(27-26-18)25-20(28)23-12-13-10-11-22-16-9-5-4-8-15(13)16/h1-11,24H,12H2,(H5,21,23,25,26,27,28). The number of carbonyl (C=O) groups is 1. The molecule has 4 rings (SSSR count). The lowest BCUT2D eigenvalue weighted by Gasteiger charge is -2.10. The zero-order chi connectivity index (χ0) is 19.3. The fraction of sp³-hybridized carbons (Fsp3) is 0.0500. The van der Waals surface area contributed by atoms with Crippen LogP contribution in [0.3, 0.4) is 0 Å². The number of pyridine rings is 1. The van der Waals surface area contributed by atoms with E-state index in [-0.39, 0.29) is 6.03 Å². The second-order valence-corrected chi connectivity index (χ2v) is 6.15. The molecular formula is C20H19N7O. The summed E-state index contributed by atoms with van der Waals surface area (Å²) in [6, 6.07) is 18.8. The molecule has 0 spiro atoms. The number of hydrogen-bond acceptors (Lipinski definition) is 5. The van der Waals surface area contributed by atoms with E-state index in [1.165, 1.54) is 0 Å². The molecule has 2 aromatic heterocycles.